The second-order valence-corrected chi connectivity index (χ2v) is 10.7. The highest BCUT2D eigenvalue weighted by molar-refractivity contribution is 7.07. The third kappa shape index (κ3) is 4.82. The van der Waals surface area contributed by atoms with Crippen LogP contribution in [0.2, 0.25) is 5.02 Å². The number of aromatic nitrogens is 1. The van der Waals surface area contributed by atoms with Crippen LogP contribution in [0.15, 0.2) is 76.0 Å². The van der Waals surface area contributed by atoms with Crippen LogP contribution in [0, 0.1) is 0 Å². The summed E-state index contributed by atoms with van der Waals surface area (Å²) < 4.78 is 29.4. The van der Waals surface area contributed by atoms with Gasteiger partial charge in [-0.15, -0.1) is 0 Å². The first kappa shape index (κ1) is 27.6. The minimum Gasteiger partial charge on any atom is -0.493 e. The highest BCUT2D eigenvalue weighted by Gasteiger charge is 2.36. The lowest BCUT2D eigenvalue weighted by Crippen LogP contribution is -2.40. The van der Waals surface area contributed by atoms with Crippen LogP contribution in [0.4, 0.5) is 0 Å². The molecule has 1 atom stereocenters. The lowest BCUT2D eigenvalue weighted by molar-refractivity contribution is -0.138. The Morgan fingerprint density at radius 2 is 1.88 bits per heavy atom. The predicted molar refractivity (Wildman–Crippen MR) is 158 cm³/mol. The Morgan fingerprint density at radius 1 is 1.10 bits per heavy atom. The van der Waals surface area contributed by atoms with Crippen molar-refractivity contribution in [2.75, 3.05) is 27.6 Å². The van der Waals surface area contributed by atoms with Crippen molar-refractivity contribution in [2.24, 2.45) is 4.99 Å². The molecule has 3 aromatic carbocycles. The molecule has 9 nitrogen and oxygen atoms in total. The van der Waals surface area contributed by atoms with Gasteiger partial charge in [0.25, 0.3) is 5.56 Å². The molecule has 0 spiro atoms. The summed E-state index contributed by atoms with van der Waals surface area (Å²) in [6.45, 7) is 1.98. The van der Waals surface area contributed by atoms with E-state index in [-0.39, 0.29) is 24.5 Å². The lowest BCUT2D eigenvalue weighted by atomic mass is 9.93. The maximum absolute atomic E-state index is 14.1. The number of hydrogen-bond acceptors (Lipinski definition) is 9. The minimum absolute atomic E-state index is 0.0886. The number of nitrogens with zero attached hydrogens (tertiary/aromatic N) is 2. The van der Waals surface area contributed by atoms with Crippen molar-refractivity contribution in [3.05, 3.63) is 108 Å². The van der Waals surface area contributed by atoms with E-state index < -0.39 is 12.0 Å². The topological polar surface area (TPSA) is 97.6 Å². The zero-order chi connectivity index (χ0) is 29.4. The van der Waals surface area contributed by atoms with Gasteiger partial charge in [-0.05, 0) is 48.4 Å². The second kappa shape index (κ2) is 11.4. The van der Waals surface area contributed by atoms with Crippen LogP contribution in [-0.2, 0) is 9.53 Å². The first-order valence-corrected chi connectivity index (χ1v) is 14.2. The Labute approximate surface area is 249 Å². The van der Waals surface area contributed by atoms with E-state index in [9.17, 15) is 9.59 Å². The number of ether oxygens (including phenoxy) is 5. The number of carbonyl (C=O) groups excluding carboxylic acids is 1. The number of esters is 1. The van der Waals surface area contributed by atoms with Gasteiger partial charge in [0.2, 0.25) is 6.79 Å². The van der Waals surface area contributed by atoms with Crippen LogP contribution in [0.3, 0.4) is 0 Å². The lowest BCUT2D eigenvalue weighted by Gasteiger charge is -2.26. The molecule has 0 N–H and O–H groups in total. The molecule has 0 amide bonds. The number of methoxy groups -OCH3 is 2. The van der Waals surface area contributed by atoms with Crippen molar-refractivity contribution < 1.29 is 28.5 Å². The first-order valence-electron chi connectivity index (χ1n) is 13.0. The average Bonchev–Trinajstić information content (AvgIpc) is 3.60. The summed E-state index contributed by atoms with van der Waals surface area (Å²) in [5, 5.41) is 0.338. The monoisotopic (exact) mass is 604 g/mol. The molecule has 0 unspecified atom stereocenters. The Kier molecular flexibility index (Phi) is 7.49. The fourth-order valence-corrected chi connectivity index (χ4v) is 6.31. The molecule has 1 aromatic heterocycles. The number of fused-ring (bicyclic) bond motifs is 2. The summed E-state index contributed by atoms with van der Waals surface area (Å²) in [6, 6.07) is 17.3. The molecule has 2 aliphatic heterocycles. The van der Waals surface area contributed by atoms with E-state index in [0.717, 1.165) is 5.56 Å². The third-order valence-electron chi connectivity index (χ3n) is 6.84. The molecule has 2 aliphatic rings. The van der Waals surface area contributed by atoms with E-state index in [1.165, 1.54) is 30.1 Å². The van der Waals surface area contributed by atoms with Gasteiger partial charge in [-0.2, -0.15) is 0 Å². The zero-order valence-corrected chi connectivity index (χ0v) is 24.5. The van der Waals surface area contributed by atoms with Gasteiger partial charge in [-0.3, -0.25) is 9.36 Å². The molecule has 6 rings (SSSR count). The van der Waals surface area contributed by atoms with Crippen LogP contribution in [-0.4, -0.2) is 38.2 Å². The van der Waals surface area contributed by atoms with E-state index in [0.29, 0.717) is 54.2 Å². The molecule has 3 heterocycles. The number of benzene rings is 3. The minimum atomic E-state index is -0.846. The van der Waals surface area contributed by atoms with Gasteiger partial charge >= 0.3 is 5.97 Å². The van der Waals surface area contributed by atoms with Crippen molar-refractivity contribution in [1.29, 1.82) is 0 Å². The van der Waals surface area contributed by atoms with Crippen LogP contribution in [0.1, 0.15) is 29.7 Å². The van der Waals surface area contributed by atoms with E-state index in [4.69, 9.17) is 40.3 Å². The maximum Gasteiger partial charge on any atom is 0.338 e. The van der Waals surface area contributed by atoms with Crippen molar-refractivity contribution >= 4 is 40.7 Å². The normalized spacial score (nSPS) is 15.7. The summed E-state index contributed by atoms with van der Waals surface area (Å²) in [6.07, 6.45) is 1.71. The van der Waals surface area contributed by atoms with Crippen molar-refractivity contribution in [3.63, 3.8) is 0 Å². The molecule has 0 fully saturated rings. The van der Waals surface area contributed by atoms with Gasteiger partial charge in [-0.25, -0.2) is 9.79 Å². The summed E-state index contributed by atoms with van der Waals surface area (Å²) in [5.41, 5.74) is 2.34. The van der Waals surface area contributed by atoms with E-state index >= 15 is 0 Å². The Balaban J connectivity index is 1.63. The highest BCUT2D eigenvalue weighted by atomic mass is 35.5. The molecular formula is C31H25ClN2O7S. The summed E-state index contributed by atoms with van der Waals surface area (Å²) >= 11 is 7.64. The van der Waals surface area contributed by atoms with Crippen LogP contribution in [0.5, 0.6) is 23.0 Å². The van der Waals surface area contributed by atoms with Gasteiger partial charge in [-0.1, -0.05) is 59.3 Å². The van der Waals surface area contributed by atoms with Crippen molar-refractivity contribution in [2.45, 2.75) is 13.0 Å². The van der Waals surface area contributed by atoms with E-state index in [1.807, 2.05) is 36.4 Å². The molecule has 11 heteroatoms. The molecule has 0 saturated heterocycles. The van der Waals surface area contributed by atoms with Gasteiger partial charge < -0.3 is 23.7 Å². The highest BCUT2D eigenvalue weighted by Crippen LogP contribution is 2.40. The average molecular weight is 605 g/mol. The standard InChI is InChI=1S/C31H25ClN2O7S/c1-4-39-30(36)25-26(18-8-6-5-7-9-18)33-31-34(27(25)19-10-11-21-22(15-19)41-16-40-21)29(35)24(42-31)14-17-12-20(32)28(38-3)23(13-17)37-2/h5-15,27H,4,16H2,1-3H3/b24-14-/t27-/m1/s1. The van der Waals surface area contributed by atoms with Gasteiger partial charge in [0.05, 0.1) is 47.7 Å². The third-order valence-corrected chi connectivity index (χ3v) is 8.10. The van der Waals surface area contributed by atoms with Crippen molar-refractivity contribution in [3.8, 4) is 23.0 Å². The summed E-state index contributed by atoms with van der Waals surface area (Å²) in [7, 11) is 3.02. The van der Waals surface area contributed by atoms with Crippen molar-refractivity contribution in [1.82, 2.24) is 4.57 Å². The fraction of sp³-hybridized carbons (Fsp3) is 0.194. The SMILES string of the molecule is CCOC(=O)C1=C(c2ccccc2)N=c2s/c(=C\c3cc(Cl)c(OC)c(OC)c3)c(=O)n2[C@@H]1c1ccc2c(c1)OCO2. The zero-order valence-electron chi connectivity index (χ0n) is 22.9. The van der Waals surface area contributed by atoms with Crippen LogP contribution < -0.4 is 33.8 Å². The molecule has 4 aromatic rings. The number of thiazole rings is 1. The van der Waals surface area contributed by atoms with Gasteiger partial charge in [0.15, 0.2) is 27.8 Å². The number of hydrogen-bond donors (Lipinski definition) is 0. The molecule has 0 radical (unpaired) electrons. The van der Waals surface area contributed by atoms with Gasteiger partial charge in [0.1, 0.15) is 0 Å². The smallest absolute Gasteiger partial charge is 0.338 e. The Bertz CT molecular complexity index is 1910. The molecule has 0 aliphatic carbocycles. The number of rotatable bonds is 7. The van der Waals surface area contributed by atoms with Gasteiger partial charge in [0, 0.05) is 5.56 Å². The summed E-state index contributed by atoms with van der Waals surface area (Å²) in [5.74, 6) is 1.37. The maximum atomic E-state index is 14.1. The largest absolute Gasteiger partial charge is 0.493 e. The van der Waals surface area contributed by atoms with E-state index in [1.54, 1.807) is 37.3 Å². The number of halogens is 1. The quantitative estimate of drug-likeness (QED) is 0.290. The predicted octanol–water partition coefficient (Wildman–Crippen LogP) is 4.33. The second-order valence-electron chi connectivity index (χ2n) is 9.28. The molecule has 0 saturated carbocycles. The van der Waals surface area contributed by atoms with Crippen LogP contribution in [0.25, 0.3) is 11.8 Å². The molecule has 0 bridgehead atoms. The first-order chi connectivity index (χ1) is 20.4. The molecule has 214 valence electrons. The number of carbonyl (C=O) groups is 1. The molecule has 42 heavy (non-hydrogen) atoms. The molecular weight excluding hydrogens is 580 g/mol. The van der Waals surface area contributed by atoms with Crippen LogP contribution >= 0.6 is 22.9 Å². The van der Waals surface area contributed by atoms with E-state index in [2.05, 4.69) is 0 Å². The Hall–Kier alpha value is -4.54. The summed E-state index contributed by atoms with van der Waals surface area (Å²) in [4.78, 5) is 33.0. The fourth-order valence-electron chi connectivity index (χ4n) is 5.01. The Morgan fingerprint density at radius 3 is 2.62 bits per heavy atom.